The zero-order valence-electron chi connectivity index (χ0n) is 12.0. The lowest BCUT2D eigenvalue weighted by Crippen LogP contribution is -2.50. The minimum Gasteiger partial charge on any atom is -0.480 e. The number of thiophene rings is 1. The molecular formula is C14H20N2O4S. The Morgan fingerprint density at radius 2 is 2.38 bits per heavy atom. The van der Waals surface area contributed by atoms with Crippen molar-refractivity contribution in [2.75, 3.05) is 39.8 Å². The molecule has 0 spiro atoms. The van der Waals surface area contributed by atoms with Gasteiger partial charge in [0.2, 0.25) is 5.91 Å². The minimum absolute atomic E-state index is 0.0248. The molecule has 2 rings (SSSR count). The Balaban J connectivity index is 1.82. The van der Waals surface area contributed by atoms with Crippen molar-refractivity contribution in [3.63, 3.8) is 0 Å². The predicted molar refractivity (Wildman–Crippen MR) is 79.5 cm³/mol. The standard InChI is InChI=1S/C14H20N2O4S/c1-15(10-14(18)19)8-11-9-16(4-5-20-11)13(17)7-12-3-2-6-21-12/h2-3,6,11H,4-5,7-10H2,1H3,(H,18,19). The summed E-state index contributed by atoms with van der Waals surface area (Å²) in [6.45, 7) is 2.11. The molecule has 0 saturated carbocycles. The number of carbonyl (C=O) groups excluding carboxylic acids is 1. The SMILES string of the molecule is CN(CC(=O)O)CC1CN(C(=O)Cc2cccs2)CCO1. The summed E-state index contributed by atoms with van der Waals surface area (Å²) in [5, 5.41) is 10.7. The lowest BCUT2D eigenvalue weighted by atomic mass is 10.2. The highest BCUT2D eigenvalue weighted by atomic mass is 32.1. The molecule has 21 heavy (non-hydrogen) atoms. The minimum atomic E-state index is -0.862. The summed E-state index contributed by atoms with van der Waals surface area (Å²) in [4.78, 5) is 27.5. The van der Waals surface area contributed by atoms with Gasteiger partial charge in [0.25, 0.3) is 0 Å². The summed E-state index contributed by atoms with van der Waals surface area (Å²) < 4.78 is 5.62. The number of ether oxygens (including phenoxy) is 1. The van der Waals surface area contributed by atoms with E-state index in [1.54, 1.807) is 23.3 Å². The highest BCUT2D eigenvalue weighted by Crippen LogP contribution is 2.13. The number of morpholine rings is 1. The van der Waals surface area contributed by atoms with Crippen LogP contribution in [0.15, 0.2) is 17.5 Å². The smallest absolute Gasteiger partial charge is 0.317 e. The molecule has 1 N–H and O–H groups in total. The molecule has 0 radical (unpaired) electrons. The Morgan fingerprint density at radius 1 is 1.57 bits per heavy atom. The van der Waals surface area contributed by atoms with Gasteiger partial charge >= 0.3 is 5.97 Å². The first-order chi connectivity index (χ1) is 10.0. The first-order valence-corrected chi connectivity index (χ1v) is 7.74. The molecule has 116 valence electrons. The average molecular weight is 312 g/mol. The third-order valence-corrected chi connectivity index (χ3v) is 4.19. The van der Waals surface area contributed by atoms with Crippen LogP contribution < -0.4 is 0 Å². The summed E-state index contributed by atoms with van der Waals surface area (Å²) >= 11 is 1.58. The van der Waals surface area contributed by atoms with Crippen molar-refractivity contribution < 1.29 is 19.4 Å². The number of hydrogen-bond donors (Lipinski definition) is 1. The highest BCUT2D eigenvalue weighted by molar-refractivity contribution is 7.10. The molecule has 1 saturated heterocycles. The normalized spacial score (nSPS) is 19.0. The van der Waals surface area contributed by atoms with Gasteiger partial charge in [-0.25, -0.2) is 0 Å². The van der Waals surface area contributed by atoms with Crippen LogP contribution in [-0.2, 0) is 20.7 Å². The zero-order chi connectivity index (χ0) is 15.2. The Kier molecular flexibility index (Phi) is 5.72. The third-order valence-electron chi connectivity index (χ3n) is 3.32. The predicted octanol–water partition coefficient (Wildman–Crippen LogP) is 0.534. The molecule has 7 heteroatoms. The van der Waals surface area contributed by atoms with Crippen LogP contribution in [-0.4, -0.2) is 72.7 Å². The van der Waals surface area contributed by atoms with E-state index < -0.39 is 5.97 Å². The summed E-state index contributed by atoms with van der Waals surface area (Å²) in [5.74, 6) is -0.759. The van der Waals surface area contributed by atoms with E-state index in [1.165, 1.54) is 0 Å². The fourth-order valence-corrected chi connectivity index (χ4v) is 3.07. The van der Waals surface area contributed by atoms with Crippen molar-refractivity contribution in [1.29, 1.82) is 0 Å². The number of carbonyl (C=O) groups is 2. The van der Waals surface area contributed by atoms with E-state index in [0.717, 1.165) is 4.88 Å². The van der Waals surface area contributed by atoms with E-state index >= 15 is 0 Å². The number of amides is 1. The van der Waals surface area contributed by atoms with E-state index in [1.807, 2.05) is 22.4 Å². The van der Waals surface area contributed by atoms with Crippen LogP contribution in [0.5, 0.6) is 0 Å². The van der Waals surface area contributed by atoms with E-state index in [-0.39, 0.29) is 18.6 Å². The summed E-state index contributed by atoms with van der Waals surface area (Å²) in [6.07, 6.45) is 0.297. The van der Waals surface area contributed by atoms with Gasteiger partial charge in [0, 0.05) is 24.5 Å². The number of rotatable bonds is 6. The van der Waals surface area contributed by atoms with Crippen LogP contribution in [0, 0.1) is 0 Å². The number of carboxylic acid groups (broad SMARTS) is 1. The van der Waals surface area contributed by atoms with Gasteiger partial charge in [0.15, 0.2) is 0 Å². The second-order valence-corrected chi connectivity index (χ2v) is 6.21. The van der Waals surface area contributed by atoms with Crippen molar-refractivity contribution in [1.82, 2.24) is 9.80 Å². The quantitative estimate of drug-likeness (QED) is 0.830. The van der Waals surface area contributed by atoms with Gasteiger partial charge in [-0.05, 0) is 18.5 Å². The van der Waals surface area contributed by atoms with Crippen molar-refractivity contribution in [3.05, 3.63) is 22.4 Å². The first-order valence-electron chi connectivity index (χ1n) is 6.86. The largest absolute Gasteiger partial charge is 0.480 e. The van der Waals surface area contributed by atoms with Crippen LogP contribution in [0.25, 0.3) is 0 Å². The molecule has 1 aliphatic rings. The second kappa shape index (κ2) is 7.53. The summed E-state index contributed by atoms with van der Waals surface area (Å²) in [6, 6.07) is 3.90. The topological polar surface area (TPSA) is 70.1 Å². The number of carboxylic acids is 1. The van der Waals surface area contributed by atoms with E-state index in [9.17, 15) is 9.59 Å². The van der Waals surface area contributed by atoms with E-state index in [4.69, 9.17) is 9.84 Å². The number of aliphatic carboxylic acids is 1. The molecule has 1 unspecified atom stereocenters. The molecule has 1 aromatic heterocycles. The van der Waals surface area contributed by atoms with Crippen LogP contribution in [0.4, 0.5) is 0 Å². The van der Waals surface area contributed by atoms with Crippen molar-refractivity contribution >= 4 is 23.2 Å². The van der Waals surface area contributed by atoms with Crippen LogP contribution in [0.1, 0.15) is 4.88 Å². The number of hydrogen-bond acceptors (Lipinski definition) is 5. The molecular weight excluding hydrogens is 292 g/mol. The molecule has 0 bridgehead atoms. The van der Waals surface area contributed by atoms with Gasteiger partial charge in [0.1, 0.15) is 0 Å². The molecule has 0 aromatic carbocycles. The van der Waals surface area contributed by atoms with Gasteiger partial charge in [-0.15, -0.1) is 11.3 Å². The van der Waals surface area contributed by atoms with Crippen molar-refractivity contribution in [3.8, 4) is 0 Å². The third kappa shape index (κ3) is 5.11. The lowest BCUT2D eigenvalue weighted by Gasteiger charge is -2.34. The van der Waals surface area contributed by atoms with E-state index in [2.05, 4.69) is 0 Å². The molecule has 0 aliphatic carbocycles. The summed E-state index contributed by atoms with van der Waals surface area (Å²) in [5.41, 5.74) is 0. The van der Waals surface area contributed by atoms with Gasteiger partial charge in [-0.3, -0.25) is 14.5 Å². The second-order valence-electron chi connectivity index (χ2n) is 5.18. The Morgan fingerprint density at radius 3 is 3.05 bits per heavy atom. The van der Waals surface area contributed by atoms with Crippen LogP contribution in [0.3, 0.4) is 0 Å². The molecule has 2 heterocycles. The Bertz CT molecular complexity index is 477. The Hall–Kier alpha value is -1.44. The maximum absolute atomic E-state index is 12.2. The number of nitrogens with zero attached hydrogens (tertiary/aromatic N) is 2. The molecule has 1 fully saturated rings. The van der Waals surface area contributed by atoms with Crippen molar-refractivity contribution in [2.45, 2.75) is 12.5 Å². The Labute approximate surface area is 127 Å². The maximum atomic E-state index is 12.2. The fraction of sp³-hybridized carbons (Fsp3) is 0.571. The zero-order valence-corrected chi connectivity index (χ0v) is 12.8. The van der Waals surface area contributed by atoms with Gasteiger partial charge in [-0.1, -0.05) is 6.07 Å². The molecule has 6 nitrogen and oxygen atoms in total. The maximum Gasteiger partial charge on any atom is 0.317 e. The highest BCUT2D eigenvalue weighted by Gasteiger charge is 2.25. The number of likely N-dealkylation sites (N-methyl/N-ethyl adjacent to an activating group) is 1. The first kappa shape index (κ1) is 15.9. The van der Waals surface area contributed by atoms with Gasteiger partial charge < -0.3 is 14.7 Å². The van der Waals surface area contributed by atoms with Crippen LogP contribution >= 0.6 is 11.3 Å². The lowest BCUT2D eigenvalue weighted by molar-refractivity contribution is -0.142. The molecule has 1 aliphatic heterocycles. The molecule has 1 aromatic rings. The average Bonchev–Trinajstić information content (AvgIpc) is 2.90. The van der Waals surface area contributed by atoms with Crippen LogP contribution in [0.2, 0.25) is 0 Å². The molecule has 1 amide bonds. The van der Waals surface area contributed by atoms with Crippen molar-refractivity contribution in [2.24, 2.45) is 0 Å². The summed E-state index contributed by atoms with van der Waals surface area (Å²) in [7, 11) is 1.74. The van der Waals surface area contributed by atoms with Gasteiger partial charge in [0.05, 0.1) is 25.7 Å². The van der Waals surface area contributed by atoms with Gasteiger partial charge in [-0.2, -0.15) is 0 Å². The fourth-order valence-electron chi connectivity index (χ4n) is 2.37. The monoisotopic (exact) mass is 312 g/mol. The van der Waals surface area contributed by atoms with E-state index in [0.29, 0.717) is 32.7 Å². The molecule has 1 atom stereocenters.